The van der Waals surface area contributed by atoms with E-state index in [4.69, 9.17) is 0 Å². The van der Waals surface area contributed by atoms with Gasteiger partial charge in [0.1, 0.15) is 17.7 Å². The van der Waals surface area contributed by atoms with Crippen molar-refractivity contribution >= 4 is 17.8 Å². The Balaban J connectivity index is 1.65. The maximum atomic E-state index is 12.9. The van der Waals surface area contributed by atoms with Crippen LogP contribution < -0.4 is 10.2 Å². The van der Waals surface area contributed by atoms with E-state index in [1.54, 1.807) is 22.8 Å². The van der Waals surface area contributed by atoms with Gasteiger partial charge in [-0.15, -0.1) is 0 Å². The maximum absolute atomic E-state index is 12.9. The molecule has 1 atom stereocenters. The van der Waals surface area contributed by atoms with Crippen LogP contribution in [0.3, 0.4) is 0 Å². The lowest BCUT2D eigenvalue weighted by atomic mass is 10.0. The molecule has 2 aromatic heterocycles. The summed E-state index contributed by atoms with van der Waals surface area (Å²) >= 11 is 0. The number of nitrogens with zero attached hydrogens (tertiary/aromatic N) is 6. The zero-order chi connectivity index (χ0) is 18.8. The number of anilines is 1. The second-order valence-corrected chi connectivity index (χ2v) is 6.71. The van der Waals surface area contributed by atoms with Gasteiger partial charge in [0.05, 0.1) is 12.2 Å². The molecule has 26 heavy (non-hydrogen) atoms. The molecule has 3 heterocycles. The van der Waals surface area contributed by atoms with E-state index < -0.39 is 6.04 Å². The first-order valence-electron chi connectivity index (χ1n) is 8.66. The SMILES string of the molecule is Cc1cc(N2CCCC(NC(=O)N(C)Cc3nccn3C)C2=O)n(C)n1. The lowest BCUT2D eigenvalue weighted by molar-refractivity contribution is -0.121. The second kappa shape index (κ2) is 7.19. The first-order chi connectivity index (χ1) is 12.4. The van der Waals surface area contributed by atoms with Crippen molar-refractivity contribution < 1.29 is 9.59 Å². The van der Waals surface area contributed by atoms with Gasteiger partial charge >= 0.3 is 6.03 Å². The van der Waals surface area contributed by atoms with Crippen molar-refractivity contribution in [2.45, 2.75) is 32.4 Å². The van der Waals surface area contributed by atoms with E-state index in [1.807, 2.05) is 37.8 Å². The minimum Gasteiger partial charge on any atom is -0.337 e. The largest absolute Gasteiger partial charge is 0.337 e. The summed E-state index contributed by atoms with van der Waals surface area (Å²) in [5, 5.41) is 7.16. The Labute approximate surface area is 152 Å². The van der Waals surface area contributed by atoms with E-state index >= 15 is 0 Å². The molecule has 0 radical (unpaired) electrons. The van der Waals surface area contributed by atoms with Crippen LogP contribution in [0.15, 0.2) is 18.5 Å². The van der Waals surface area contributed by atoms with Gasteiger partial charge in [0, 0.05) is 46.1 Å². The normalized spacial score (nSPS) is 17.5. The summed E-state index contributed by atoms with van der Waals surface area (Å²) < 4.78 is 3.56. The van der Waals surface area contributed by atoms with Gasteiger partial charge < -0.3 is 14.8 Å². The number of carbonyl (C=O) groups is 2. The van der Waals surface area contributed by atoms with Gasteiger partial charge in [0.2, 0.25) is 0 Å². The van der Waals surface area contributed by atoms with E-state index in [1.165, 1.54) is 4.90 Å². The highest BCUT2D eigenvalue weighted by atomic mass is 16.2. The summed E-state index contributed by atoms with van der Waals surface area (Å²) in [6, 6.07) is 1.07. The van der Waals surface area contributed by atoms with Gasteiger partial charge in [-0.2, -0.15) is 5.10 Å². The third-order valence-electron chi connectivity index (χ3n) is 4.64. The smallest absolute Gasteiger partial charge is 0.318 e. The minimum atomic E-state index is -0.532. The Morgan fingerprint density at radius 1 is 1.42 bits per heavy atom. The zero-order valence-electron chi connectivity index (χ0n) is 15.6. The lowest BCUT2D eigenvalue weighted by Crippen LogP contribution is -2.55. The molecule has 3 rings (SSSR count). The standard InChI is InChI=1S/C17H25N7O2/c1-12-10-15(23(4)20-12)24-8-5-6-13(16(24)25)19-17(26)22(3)11-14-18-7-9-21(14)2/h7,9-10,13H,5-6,8,11H2,1-4H3,(H,19,26). The molecular formula is C17H25N7O2. The molecule has 1 aliphatic rings. The van der Waals surface area contributed by atoms with E-state index in [2.05, 4.69) is 15.4 Å². The minimum absolute atomic E-state index is 0.0991. The molecule has 1 aliphatic heterocycles. The fraction of sp³-hybridized carbons (Fsp3) is 0.529. The zero-order valence-corrected chi connectivity index (χ0v) is 15.6. The van der Waals surface area contributed by atoms with Crippen molar-refractivity contribution in [1.29, 1.82) is 0 Å². The van der Waals surface area contributed by atoms with Crippen molar-refractivity contribution in [2.75, 3.05) is 18.5 Å². The average Bonchev–Trinajstić information content (AvgIpc) is 3.14. The topological polar surface area (TPSA) is 88.3 Å². The number of imidazole rings is 1. The summed E-state index contributed by atoms with van der Waals surface area (Å²) in [5.74, 6) is 1.44. The second-order valence-electron chi connectivity index (χ2n) is 6.71. The van der Waals surface area contributed by atoms with Crippen LogP contribution in [0.1, 0.15) is 24.4 Å². The van der Waals surface area contributed by atoms with Gasteiger partial charge in [0.15, 0.2) is 0 Å². The first-order valence-corrected chi connectivity index (χ1v) is 8.66. The number of carbonyl (C=O) groups excluding carboxylic acids is 2. The summed E-state index contributed by atoms with van der Waals surface area (Å²) in [6.07, 6.45) is 4.98. The highest BCUT2D eigenvalue weighted by molar-refractivity contribution is 5.99. The molecular weight excluding hydrogens is 334 g/mol. The van der Waals surface area contributed by atoms with Gasteiger partial charge in [0.25, 0.3) is 5.91 Å². The molecule has 9 heteroatoms. The predicted molar refractivity (Wildman–Crippen MR) is 96.5 cm³/mol. The fourth-order valence-corrected chi connectivity index (χ4v) is 3.18. The lowest BCUT2D eigenvalue weighted by Gasteiger charge is -2.33. The Bertz CT molecular complexity index is 810. The monoisotopic (exact) mass is 359 g/mol. The van der Waals surface area contributed by atoms with Crippen LogP contribution >= 0.6 is 0 Å². The third kappa shape index (κ3) is 3.56. The van der Waals surface area contributed by atoms with Crippen LogP contribution in [0.25, 0.3) is 0 Å². The van der Waals surface area contributed by atoms with E-state index in [0.29, 0.717) is 19.5 Å². The number of piperidine rings is 1. The van der Waals surface area contributed by atoms with Crippen molar-refractivity contribution in [3.63, 3.8) is 0 Å². The van der Waals surface area contributed by atoms with Gasteiger partial charge in [-0.25, -0.2) is 9.78 Å². The molecule has 2 aromatic rings. The number of amides is 3. The van der Waals surface area contributed by atoms with Crippen LogP contribution in [0, 0.1) is 6.92 Å². The number of aryl methyl sites for hydroxylation is 3. The van der Waals surface area contributed by atoms with Gasteiger partial charge in [-0.3, -0.25) is 14.4 Å². The Kier molecular flexibility index (Phi) is 4.97. The molecule has 0 aliphatic carbocycles. The number of hydrogen-bond acceptors (Lipinski definition) is 4. The molecule has 140 valence electrons. The van der Waals surface area contributed by atoms with Crippen LogP contribution in [0.2, 0.25) is 0 Å². The van der Waals surface area contributed by atoms with Gasteiger partial charge in [-0.05, 0) is 19.8 Å². The summed E-state index contributed by atoms with van der Waals surface area (Å²) in [7, 11) is 5.39. The van der Waals surface area contributed by atoms with Crippen LogP contribution in [0.5, 0.6) is 0 Å². The van der Waals surface area contributed by atoms with E-state index in [-0.39, 0.29) is 11.9 Å². The molecule has 0 saturated carbocycles. The fourth-order valence-electron chi connectivity index (χ4n) is 3.18. The van der Waals surface area contributed by atoms with Gasteiger partial charge in [-0.1, -0.05) is 0 Å². The van der Waals surface area contributed by atoms with Crippen LogP contribution in [0.4, 0.5) is 10.6 Å². The Morgan fingerprint density at radius 2 is 2.19 bits per heavy atom. The molecule has 9 nitrogen and oxygen atoms in total. The molecule has 1 fully saturated rings. The quantitative estimate of drug-likeness (QED) is 0.875. The molecule has 0 spiro atoms. The van der Waals surface area contributed by atoms with E-state index in [0.717, 1.165) is 23.8 Å². The first kappa shape index (κ1) is 18.0. The molecule has 1 unspecified atom stereocenters. The molecule has 0 aromatic carbocycles. The number of nitrogens with one attached hydrogen (secondary N) is 1. The summed E-state index contributed by atoms with van der Waals surface area (Å²) in [6.45, 7) is 2.90. The van der Waals surface area contributed by atoms with Crippen LogP contribution in [-0.2, 0) is 25.4 Å². The van der Waals surface area contributed by atoms with E-state index in [9.17, 15) is 9.59 Å². The maximum Gasteiger partial charge on any atom is 0.318 e. The summed E-state index contributed by atoms with van der Waals surface area (Å²) in [5.41, 5.74) is 0.858. The highest BCUT2D eigenvalue weighted by Crippen LogP contribution is 2.21. The third-order valence-corrected chi connectivity index (χ3v) is 4.64. The van der Waals surface area contributed by atoms with Crippen LogP contribution in [-0.4, -0.2) is 55.8 Å². The number of aromatic nitrogens is 4. The highest BCUT2D eigenvalue weighted by Gasteiger charge is 2.33. The van der Waals surface area contributed by atoms with Crippen molar-refractivity contribution in [1.82, 2.24) is 29.5 Å². The van der Waals surface area contributed by atoms with Crippen molar-refractivity contribution in [3.8, 4) is 0 Å². The molecule has 0 bridgehead atoms. The predicted octanol–water partition coefficient (Wildman–Crippen LogP) is 0.799. The van der Waals surface area contributed by atoms with Crippen molar-refractivity contribution in [2.24, 2.45) is 14.1 Å². The number of hydrogen-bond donors (Lipinski definition) is 1. The Morgan fingerprint density at radius 3 is 2.81 bits per heavy atom. The summed E-state index contributed by atoms with van der Waals surface area (Å²) in [4.78, 5) is 32.8. The number of rotatable bonds is 4. The molecule has 1 N–H and O–H groups in total. The Hall–Kier alpha value is -2.84. The average molecular weight is 359 g/mol. The molecule has 3 amide bonds. The number of urea groups is 1. The van der Waals surface area contributed by atoms with Crippen molar-refractivity contribution in [3.05, 3.63) is 30.0 Å². The molecule has 1 saturated heterocycles.